The summed E-state index contributed by atoms with van der Waals surface area (Å²) in [6.07, 6.45) is 2.03. The minimum Gasteiger partial charge on any atom is -0.487 e. The number of benzene rings is 1. The molecule has 1 fully saturated rings. The summed E-state index contributed by atoms with van der Waals surface area (Å²) >= 11 is 1.21. The first-order chi connectivity index (χ1) is 14.2. The van der Waals surface area contributed by atoms with Gasteiger partial charge in [-0.2, -0.15) is 4.31 Å². The predicted molar refractivity (Wildman–Crippen MR) is 117 cm³/mol. The molecule has 0 saturated carbocycles. The minimum atomic E-state index is -3.54. The maximum absolute atomic E-state index is 13.2. The number of aryl methyl sites for hydroxylation is 1. The van der Waals surface area contributed by atoms with Crippen LogP contribution in [0.5, 0.6) is 5.75 Å². The van der Waals surface area contributed by atoms with Crippen LogP contribution in [0.3, 0.4) is 0 Å². The molecule has 8 heteroatoms. The van der Waals surface area contributed by atoms with Gasteiger partial charge in [-0.3, -0.25) is 4.79 Å². The van der Waals surface area contributed by atoms with E-state index < -0.39 is 10.0 Å². The van der Waals surface area contributed by atoms with Crippen molar-refractivity contribution in [2.45, 2.75) is 55.9 Å². The number of ether oxygens (including phenoxy) is 1. The van der Waals surface area contributed by atoms with Crippen LogP contribution >= 0.6 is 11.3 Å². The molecule has 2 atom stereocenters. The number of nitrogens with one attached hydrogen (secondary N) is 1. The standard InChI is InChI=1S/C22H28N2O4S2/c1-15-8-9-19-17(12-15)18(13-22(2,3)28-19)23-21(25)16-6-4-10-24(14-16)30(26,27)20-7-5-11-29-20/h5,7-9,11-12,16,18H,4,6,10,13-14H2,1-3H3,(H,23,25)/t16-,18+/m1/s1. The second kappa shape index (κ2) is 7.98. The van der Waals surface area contributed by atoms with Crippen molar-refractivity contribution in [1.29, 1.82) is 0 Å². The summed E-state index contributed by atoms with van der Waals surface area (Å²) in [5.74, 6) is 0.358. The van der Waals surface area contributed by atoms with E-state index in [1.165, 1.54) is 15.6 Å². The number of hydrogen-bond acceptors (Lipinski definition) is 5. The van der Waals surface area contributed by atoms with Gasteiger partial charge in [0.25, 0.3) is 10.0 Å². The Morgan fingerprint density at radius 3 is 2.83 bits per heavy atom. The molecule has 1 N–H and O–H groups in total. The van der Waals surface area contributed by atoms with Crippen LogP contribution in [-0.2, 0) is 14.8 Å². The smallest absolute Gasteiger partial charge is 0.252 e. The van der Waals surface area contributed by atoms with Gasteiger partial charge in [0.2, 0.25) is 5.91 Å². The normalized spacial score (nSPS) is 24.0. The number of carbonyl (C=O) groups excluding carboxylic acids is 1. The molecule has 162 valence electrons. The van der Waals surface area contributed by atoms with Gasteiger partial charge >= 0.3 is 0 Å². The highest BCUT2D eigenvalue weighted by molar-refractivity contribution is 7.91. The average molecular weight is 449 g/mol. The van der Waals surface area contributed by atoms with Crippen molar-refractivity contribution >= 4 is 27.3 Å². The summed E-state index contributed by atoms with van der Waals surface area (Å²) < 4.78 is 33.6. The van der Waals surface area contributed by atoms with Gasteiger partial charge in [-0.15, -0.1) is 11.3 Å². The van der Waals surface area contributed by atoms with Gasteiger partial charge < -0.3 is 10.1 Å². The van der Waals surface area contributed by atoms with Crippen LogP contribution in [0.25, 0.3) is 0 Å². The quantitative estimate of drug-likeness (QED) is 0.770. The molecule has 0 unspecified atom stereocenters. The monoisotopic (exact) mass is 448 g/mol. The molecule has 1 amide bonds. The first-order valence-electron chi connectivity index (χ1n) is 10.3. The first kappa shape index (κ1) is 21.3. The first-order valence-corrected chi connectivity index (χ1v) is 12.6. The summed E-state index contributed by atoms with van der Waals surface area (Å²) in [5.41, 5.74) is 1.71. The lowest BCUT2D eigenvalue weighted by Crippen LogP contribution is -2.47. The highest BCUT2D eigenvalue weighted by Gasteiger charge is 2.38. The minimum absolute atomic E-state index is 0.0868. The molecular weight excluding hydrogens is 420 g/mol. The van der Waals surface area contributed by atoms with Gasteiger partial charge in [0.05, 0.1) is 12.0 Å². The van der Waals surface area contributed by atoms with Gasteiger partial charge in [-0.25, -0.2) is 8.42 Å². The fraction of sp³-hybridized carbons (Fsp3) is 0.500. The van der Waals surface area contributed by atoms with Gasteiger partial charge in [0.1, 0.15) is 15.6 Å². The average Bonchev–Trinajstić information content (AvgIpc) is 3.24. The Morgan fingerprint density at radius 2 is 2.10 bits per heavy atom. The maximum Gasteiger partial charge on any atom is 0.252 e. The molecule has 2 aromatic rings. The third-order valence-electron chi connectivity index (χ3n) is 5.78. The van der Waals surface area contributed by atoms with Crippen LogP contribution < -0.4 is 10.1 Å². The zero-order valence-corrected chi connectivity index (χ0v) is 19.2. The lowest BCUT2D eigenvalue weighted by Gasteiger charge is -2.39. The predicted octanol–water partition coefficient (Wildman–Crippen LogP) is 3.88. The molecule has 0 aliphatic carbocycles. The van der Waals surface area contributed by atoms with Crippen molar-refractivity contribution in [1.82, 2.24) is 9.62 Å². The molecule has 4 rings (SSSR count). The summed E-state index contributed by atoms with van der Waals surface area (Å²) in [7, 11) is -3.54. The second-order valence-corrected chi connectivity index (χ2v) is 11.9. The topological polar surface area (TPSA) is 75.7 Å². The van der Waals surface area contributed by atoms with E-state index in [0.29, 0.717) is 30.0 Å². The number of piperidine rings is 1. The molecule has 0 radical (unpaired) electrons. The Kier molecular flexibility index (Phi) is 5.67. The lowest BCUT2D eigenvalue weighted by molar-refractivity contribution is -0.127. The number of amides is 1. The second-order valence-electron chi connectivity index (χ2n) is 8.80. The zero-order chi connectivity index (χ0) is 21.5. The number of thiophene rings is 1. The fourth-order valence-electron chi connectivity index (χ4n) is 4.30. The van der Waals surface area contributed by atoms with Crippen LogP contribution in [-0.4, -0.2) is 37.3 Å². The molecule has 1 aromatic carbocycles. The number of nitrogens with zero attached hydrogens (tertiary/aromatic N) is 1. The van der Waals surface area contributed by atoms with Crippen LogP contribution in [0.2, 0.25) is 0 Å². The third-order valence-corrected chi connectivity index (χ3v) is 9.02. The van der Waals surface area contributed by atoms with Crippen LogP contribution in [0.1, 0.15) is 50.3 Å². The highest BCUT2D eigenvalue weighted by Crippen LogP contribution is 2.40. The molecular formula is C22H28N2O4S2. The van der Waals surface area contributed by atoms with Crippen molar-refractivity contribution in [3.05, 3.63) is 46.8 Å². The fourth-order valence-corrected chi connectivity index (χ4v) is 6.97. The Labute approximate surface area is 182 Å². The van der Waals surface area contributed by atoms with Gasteiger partial charge in [0, 0.05) is 25.1 Å². The van der Waals surface area contributed by atoms with Gasteiger partial charge in [-0.1, -0.05) is 23.8 Å². The van der Waals surface area contributed by atoms with Crippen molar-refractivity contribution < 1.29 is 17.9 Å². The Bertz CT molecular complexity index is 1030. The van der Waals surface area contributed by atoms with E-state index in [9.17, 15) is 13.2 Å². The number of sulfonamides is 1. The highest BCUT2D eigenvalue weighted by atomic mass is 32.2. The summed E-state index contributed by atoms with van der Waals surface area (Å²) in [6, 6.07) is 9.23. The van der Waals surface area contributed by atoms with E-state index in [0.717, 1.165) is 16.9 Å². The van der Waals surface area contributed by atoms with Crippen molar-refractivity contribution in [3.8, 4) is 5.75 Å². The lowest BCUT2D eigenvalue weighted by atomic mass is 9.88. The van der Waals surface area contributed by atoms with Crippen molar-refractivity contribution in [2.75, 3.05) is 13.1 Å². The molecule has 3 heterocycles. The molecule has 2 aliphatic rings. The van der Waals surface area contributed by atoms with E-state index in [1.807, 2.05) is 32.9 Å². The molecule has 2 aliphatic heterocycles. The molecule has 0 bridgehead atoms. The summed E-state index contributed by atoms with van der Waals surface area (Å²) in [6.45, 7) is 6.73. The zero-order valence-electron chi connectivity index (χ0n) is 17.6. The van der Waals surface area contributed by atoms with Gasteiger partial charge in [-0.05, 0) is 51.1 Å². The largest absolute Gasteiger partial charge is 0.487 e. The maximum atomic E-state index is 13.2. The van der Waals surface area contributed by atoms with Crippen LogP contribution in [0.4, 0.5) is 0 Å². The van der Waals surface area contributed by atoms with E-state index in [1.54, 1.807) is 17.5 Å². The summed E-state index contributed by atoms with van der Waals surface area (Å²) in [4.78, 5) is 13.2. The Morgan fingerprint density at radius 1 is 1.30 bits per heavy atom. The van der Waals surface area contributed by atoms with Gasteiger partial charge in [0.15, 0.2) is 0 Å². The van der Waals surface area contributed by atoms with E-state index in [2.05, 4.69) is 11.4 Å². The Balaban J connectivity index is 1.51. The number of rotatable bonds is 4. The van der Waals surface area contributed by atoms with E-state index in [4.69, 9.17) is 4.74 Å². The third kappa shape index (κ3) is 4.26. The number of carbonyl (C=O) groups is 1. The summed E-state index contributed by atoms with van der Waals surface area (Å²) in [5, 5.41) is 4.95. The molecule has 1 saturated heterocycles. The van der Waals surface area contributed by atoms with Crippen molar-refractivity contribution in [2.24, 2.45) is 5.92 Å². The molecule has 6 nitrogen and oxygen atoms in total. The molecule has 1 aromatic heterocycles. The number of fused-ring (bicyclic) bond motifs is 1. The molecule has 0 spiro atoms. The number of hydrogen-bond donors (Lipinski definition) is 1. The molecule has 30 heavy (non-hydrogen) atoms. The van der Waals surface area contributed by atoms with Crippen LogP contribution in [0, 0.1) is 12.8 Å². The Hall–Kier alpha value is -1.90. The van der Waals surface area contributed by atoms with E-state index >= 15 is 0 Å². The van der Waals surface area contributed by atoms with Crippen molar-refractivity contribution in [3.63, 3.8) is 0 Å². The SMILES string of the molecule is Cc1ccc2c(c1)[C@@H](NC(=O)[C@@H]1CCCN(S(=O)(=O)c3cccs3)C1)CC(C)(C)O2. The van der Waals surface area contributed by atoms with E-state index in [-0.39, 0.29) is 30.0 Å². The van der Waals surface area contributed by atoms with Crippen LogP contribution in [0.15, 0.2) is 39.9 Å².